The highest BCUT2D eigenvalue weighted by Gasteiger charge is 2.06. The van der Waals surface area contributed by atoms with Crippen molar-refractivity contribution in [3.63, 3.8) is 0 Å². The summed E-state index contributed by atoms with van der Waals surface area (Å²) in [5, 5.41) is 11.7. The van der Waals surface area contributed by atoms with Gasteiger partial charge in [0.1, 0.15) is 0 Å². The van der Waals surface area contributed by atoms with E-state index in [0.717, 1.165) is 11.2 Å². The zero-order chi connectivity index (χ0) is 11.7. The van der Waals surface area contributed by atoms with E-state index in [-0.39, 0.29) is 6.42 Å². The van der Waals surface area contributed by atoms with Crippen molar-refractivity contribution in [3.05, 3.63) is 35.5 Å². The van der Waals surface area contributed by atoms with E-state index in [1.807, 2.05) is 23.6 Å². The van der Waals surface area contributed by atoms with Crippen molar-refractivity contribution >= 4 is 16.9 Å². The van der Waals surface area contributed by atoms with Gasteiger partial charge in [-0.25, -0.2) is 0 Å². The van der Waals surface area contributed by atoms with E-state index in [0.29, 0.717) is 6.54 Å². The first-order chi connectivity index (χ1) is 7.59. The van der Waals surface area contributed by atoms with E-state index >= 15 is 0 Å². The monoisotopic (exact) mass is 216 g/mol. The van der Waals surface area contributed by atoms with Crippen molar-refractivity contribution in [2.24, 2.45) is 0 Å². The molecule has 16 heavy (non-hydrogen) atoms. The molecule has 0 saturated heterocycles. The normalized spacial score (nSPS) is 10.9. The molecule has 0 bridgehead atoms. The first-order valence-electron chi connectivity index (χ1n) is 5.35. The van der Waals surface area contributed by atoms with Crippen molar-refractivity contribution in [2.45, 2.75) is 26.8 Å². The number of aliphatic carboxylic acids is 1. The second-order valence-electron chi connectivity index (χ2n) is 4.07. The SMILES string of the molecule is Cc1cccc2c1cc(C)n2CCC(=O)[O-]. The molecule has 3 heteroatoms. The van der Waals surface area contributed by atoms with E-state index in [1.165, 1.54) is 10.9 Å². The third-order valence-electron chi connectivity index (χ3n) is 2.91. The average molecular weight is 216 g/mol. The Morgan fingerprint density at radius 2 is 2.12 bits per heavy atom. The number of nitrogens with zero attached hydrogens (tertiary/aromatic N) is 1. The van der Waals surface area contributed by atoms with E-state index < -0.39 is 5.97 Å². The number of benzene rings is 1. The maximum Gasteiger partial charge on any atom is 0.0485 e. The molecule has 2 rings (SSSR count). The van der Waals surface area contributed by atoms with Gasteiger partial charge in [-0.3, -0.25) is 0 Å². The molecular formula is C13H14NO2-. The number of carboxylic acids is 1. The summed E-state index contributed by atoms with van der Waals surface area (Å²) in [4.78, 5) is 10.5. The third kappa shape index (κ3) is 1.81. The summed E-state index contributed by atoms with van der Waals surface area (Å²) in [6, 6.07) is 8.17. The first kappa shape index (κ1) is 10.7. The molecule has 0 fully saturated rings. The molecule has 0 radical (unpaired) electrons. The highest BCUT2D eigenvalue weighted by Crippen LogP contribution is 2.22. The quantitative estimate of drug-likeness (QED) is 0.778. The van der Waals surface area contributed by atoms with Gasteiger partial charge < -0.3 is 14.5 Å². The van der Waals surface area contributed by atoms with Crippen LogP contribution in [0.3, 0.4) is 0 Å². The lowest BCUT2D eigenvalue weighted by Crippen LogP contribution is -2.23. The molecular weight excluding hydrogens is 202 g/mol. The Labute approximate surface area is 94.3 Å². The molecule has 0 aliphatic rings. The van der Waals surface area contributed by atoms with Crippen LogP contribution in [0.4, 0.5) is 0 Å². The maximum atomic E-state index is 10.5. The number of carboxylic acid groups (broad SMARTS) is 1. The van der Waals surface area contributed by atoms with Gasteiger partial charge in [0.05, 0.1) is 0 Å². The first-order valence-corrected chi connectivity index (χ1v) is 5.35. The van der Waals surface area contributed by atoms with Crippen LogP contribution in [0, 0.1) is 13.8 Å². The van der Waals surface area contributed by atoms with E-state index in [1.54, 1.807) is 0 Å². The van der Waals surface area contributed by atoms with Gasteiger partial charge in [0.25, 0.3) is 0 Å². The highest BCUT2D eigenvalue weighted by atomic mass is 16.4. The summed E-state index contributed by atoms with van der Waals surface area (Å²) in [6.45, 7) is 4.53. The lowest BCUT2D eigenvalue weighted by Gasteiger charge is -2.08. The predicted molar refractivity (Wildman–Crippen MR) is 61.0 cm³/mol. The number of rotatable bonds is 3. The van der Waals surface area contributed by atoms with Crippen LogP contribution in [0.15, 0.2) is 24.3 Å². The van der Waals surface area contributed by atoms with Crippen LogP contribution in [0.1, 0.15) is 17.7 Å². The smallest absolute Gasteiger partial charge is 0.0485 e. The van der Waals surface area contributed by atoms with Crippen LogP contribution in [0.2, 0.25) is 0 Å². The summed E-state index contributed by atoms with van der Waals surface area (Å²) >= 11 is 0. The van der Waals surface area contributed by atoms with Gasteiger partial charge in [0.15, 0.2) is 0 Å². The van der Waals surface area contributed by atoms with Gasteiger partial charge in [-0.05, 0) is 31.5 Å². The van der Waals surface area contributed by atoms with Gasteiger partial charge in [-0.15, -0.1) is 0 Å². The molecule has 1 heterocycles. The Morgan fingerprint density at radius 3 is 2.81 bits per heavy atom. The predicted octanol–water partition coefficient (Wildman–Crippen LogP) is 1.40. The molecule has 1 aromatic carbocycles. The number of aryl methyl sites for hydroxylation is 3. The second-order valence-corrected chi connectivity index (χ2v) is 4.07. The van der Waals surface area contributed by atoms with Crippen molar-refractivity contribution in [1.29, 1.82) is 0 Å². The molecule has 0 saturated carbocycles. The maximum absolute atomic E-state index is 10.5. The summed E-state index contributed by atoms with van der Waals surface area (Å²) in [5.74, 6) is -1.01. The van der Waals surface area contributed by atoms with Crippen LogP contribution in [-0.4, -0.2) is 10.5 Å². The summed E-state index contributed by atoms with van der Waals surface area (Å²) < 4.78 is 2.03. The number of carbonyl (C=O) groups is 1. The Hall–Kier alpha value is -1.77. The van der Waals surface area contributed by atoms with Crippen molar-refractivity contribution in [3.8, 4) is 0 Å². The second kappa shape index (κ2) is 4.00. The largest absolute Gasteiger partial charge is 0.550 e. The number of carbonyl (C=O) groups excluding carboxylic acids is 1. The third-order valence-corrected chi connectivity index (χ3v) is 2.91. The summed E-state index contributed by atoms with van der Waals surface area (Å²) in [5.41, 5.74) is 3.40. The van der Waals surface area contributed by atoms with Gasteiger partial charge in [0, 0.05) is 35.5 Å². The molecule has 0 aliphatic heterocycles. The fourth-order valence-electron chi connectivity index (χ4n) is 2.07. The van der Waals surface area contributed by atoms with Crippen LogP contribution in [0.5, 0.6) is 0 Å². The molecule has 1 aromatic heterocycles. The highest BCUT2D eigenvalue weighted by molar-refractivity contribution is 5.84. The lowest BCUT2D eigenvalue weighted by molar-refractivity contribution is -0.305. The fourth-order valence-corrected chi connectivity index (χ4v) is 2.07. The molecule has 0 atom stereocenters. The fraction of sp³-hybridized carbons (Fsp3) is 0.308. The van der Waals surface area contributed by atoms with E-state index in [2.05, 4.69) is 19.1 Å². The van der Waals surface area contributed by atoms with Crippen molar-refractivity contribution in [2.75, 3.05) is 0 Å². The molecule has 0 N–H and O–H groups in total. The van der Waals surface area contributed by atoms with Crippen LogP contribution in [-0.2, 0) is 11.3 Å². The number of hydrogen-bond donors (Lipinski definition) is 0. The molecule has 0 aliphatic carbocycles. The Morgan fingerprint density at radius 1 is 1.38 bits per heavy atom. The van der Waals surface area contributed by atoms with Crippen LogP contribution in [0.25, 0.3) is 10.9 Å². The minimum Gasteiger partial charge on any atom is -0.550 e. The standard InChI is InChI=1S/C13H15NO2/c1-9-4-3-5-12-11(9)8-10(2)14(12)7-6-13(15)16/h3-5,8H,6-7H2,1-2H3,(H,15,16)/p-1. The van der Waals surface area contributed by atoms with Crippen LogP contribution < -0.4 is 5.11 Å². The number of hydrogen-bond acceptors (Lipinski definition) is 2. The zero-order valence-corrected chi connectivity index (χ0v) is 9.49. The van der Waals surface area contributed by atoms with E-state index in [9.17, 15) is 9.90 Å². The molecule has 0 spiro atoms. The topological polar surface area (TPSA) is 45.1 Å². The Bertz CT molecular complexity index is 540. The van der Waals surface area contributed by atoms with Gasteiger partial charge >= 0.3 is 0 Å². The minimum absolute atomic E-state index is 0.0541. The lowest BCUT2D eigenvalue weighted by atomic mass is 10.1. The van der Waals surface area contributed by atoms with Gasteiger partial charge in [-0.1, -0.05) is 12.1 Å². The van der Waals surface area contributed by atoms with Gasteiger partial charge in [0.2, 0.25) is 0 Å². The number of aromatic nitrogens is 1. The molecule has 3 nitrogen and oxygen atoms in total. The Kier molecular flexibility index (Phi) is 2.69. The van der Waals surface area contributed by atoms with Crippen molar-refractivity contribution in [1.82, 2.24) is 4.57 Å². The molecule has 2 aromatic rings. The van der Waals surface area contributed by atoms with E-state index in [4.69, 9.17) is 0 Å². The summed E-state index contributed by atoms with van der Waals surface area (Å²) in [6.07, 6.45) is 0.0541. The summed E-state index contributed by atoms with van der Waals surface area (Å²) in [7, 11) is 0. The zero-order valence-electron chi connectivity index (χ0n) is 9.49. The molecule has 84 valence electrons. The molecule has 0 unspecified atom stereocenters. The van der Waals surface area contributed by atoms with Crippen molar-refractivity contribution < 1.29 is 9.90 Å². The molecule has 0 amide bonds. The minimum atomic E-state index is -1.01. The van der Waals surface area contributed by atoms with Crippen LogP contribution >= 0.6 is 0 Å². The Balaban J connectivity index is 2.48. The van der Waals surface area contributed by atoms with Gasteiger partial charge in [-0.2, -0.15) is 0 Å². The number of fused-ring (bicyclic) bond motifs is 1. The average Bonchev–Trinajstić information content (AvgIpc) is 2.53.